The second-order valence-corrected chi connectivity index (χ2v) is 10.8. The Kier molecular flexibility index (Phi) is 9.09. The Morgan fingerprint density at radius 1 is 0.976 bits per heavy atom. The molecule has 1 aliphatic rings. The number of carbonyl (C=O) groups excluding carboxylic acids is 2. The van der Waals surface area contributed by atoms with Crippen LogP contribution in [0.25, 0.3) is 10.8 Å². The molecule has 3 N–H and O–H groups in total. The van der Waals surface area contributed by atoms with E-state index in [1.54, 1.807) is 6.07 Å². The average molecular weight is 586 g/mol. The summed E-state index contributed by atoms with van der Waals surface area (Å²) >= 11 is 6.47. The molecule has 9 nitrogen and oxygen atoms in total. The first-order valence-corrected chi connectivity index (χ1v) is 14.3. The zero-order chi connectivity index (χ0) is 29.6. The van der Waals surface area contributed by atoms with E-state index >= 15 is 0 Å². The summed E-state index contributed by atoms with van der Waals surface area (Å²) in [4.78, 5) is 47.8. The molecule has 10 heteroatoms. The second-order valence-electron chi connectivity index (χ2n) is 10.4. The summed E-state index contributed by atoms with van der Waals surface area (Å²) in [6.45, 7) is 3.47. The lowest BCUT2D eigenvalue weighted by Crippen LogP contribution is -2.37. The van der Waals surface area contributed by atoms with Crippen LogP contribution in [0.5, 0.6) is 0 Å². The van der Waals surface area contributed by atoms with Gasteiger partial charge in [0.05, 0.1) is 18.7 Å². The minimum absolute atomic E-state index is 0.00677. The van der Waals surface area contributed by atoms with E-state index < -0.39 is 12.0 Å². The fourth-order valence-corrected chi connectivity index (χ4v) is 5.37. The summed E-state index contributed by atoms with van der Waals surface area (Å²) in [6.07, 6.45) is 2.03. The summed E-state index contributed by atoms with van der Waals surface area (Å²) in [5.41, 5.74) is 2.89. The molecule has 42 heavy (non-hydrogen) atoms. The predicted molar refractivity (Wildman–Crippen MR) is 162 cm³/mol. The van der Waals surface area contributed by atoms with Gasteiger partial charge in [-0.15, -0.1) is 0 Å². The molecule has 0 spiro atoms. The van der Waals surface area contributed by atoms with Crippen molar-refractivity contribution < 1.29 is 19.5 Å². The lowest BCUT2D eigenvalue weighted by atomic mass is 10.1. The van der Waals surface area contributed by atoms with Crippen molar-refractivity contribution in [2.24, 2.45) is 0 Å². The molecule has 5 rings (SSSR count). The molecule has 1 fully saturated rings. The van der Waals surface area contributed by atoms with E-state index in [0.29, 0.717) is 34.8 Å². The molecule has 1 unspecified atom stereocenters. The Bertz CT molecular complexity index is 1620. The zero-order valence-electron chi connectivity index (χ0n) is 23.3. The fraction of sp³-hybridized carbons (Fsp3) is 0.281. The Morgan fingerprint density at radius 3 is 2.40 bits per heavy atom. The highest BCUT2D eigenvalue weighted by Crippen LogP contribution is 2.25. The molecule has 1 aromatic heterocycles. The lowest BCUT2D eigenvalue weighted by Gasteiger charge is -2.20. The molecule has 2 amide bonds. The van der Waals surface area contributed by atoms with Crippen LogP contribution in [0, 0.1) is 0 Å². The van der Waals surface area contributed by atoms with E-state index in [0.717, 1.165) is 42.3 Å². The minimum atomic E-state index is -1.05. The van der Waals surface area contributed by atoms with Gasteiger partial charge in [0, 0.05) is 42.4 Å². The third kappa shape index (κ3) is 7.10. The van der Waals surface area contributed by atoms with Crippen LogP contribution in [0.1, 0.15) is 58.8 Å². The largest absolute Gasteiger partial charge is 0.481 e. The van der Waals surface area contributed by atoms with Crippen molar-refractivity contribution in [3.8, 4) is 0 Å². The number of rotatable bonds is 10. The van der Waals surface area contributed by atoms with E-state index in [1.165, 1.54) is 0 Å². The monoisotopic (exact) mass is 585 g/mol. The Hall–Kier alpha value is -4.34. The van der Waals surface area contributed by atoms with Crippen LogP contribution in [-0.4, -0.2) is 57.4 Å². The predicted octanol–water partition coefficient (Wildman–Crippen LogP) is 5.03. The van der Waals surface area contributed by atoms with Gasteiger partial charge in [0.2, 0.25) is 5.91 Å². The van der Waals surface area contributed by atoms with E-state index in [2.05, 4.69) is 20.6 Å². The highest BCUT2D eigenvalue weighted by Gasteiger charge is 2.23. The first-order valence-electron chi connectivity index (χ1n) is 13.9. The number of hydrogen-bond acceptors (Lipinski definition) is 6. The van der Waals surface area contributed by atoms with Gasteiger partial charge in [0.1, 0.15) is 11.0 Å². The van der Waals surface area contributed by atoms with Crippen LogP contribution in [0.15, 0.2) is 66.7 Å². The maximum absolute atomic E-state index is 12.8. The number of hydrogen-bond donors (Lipinski definition) is 3. The van der Waals surface area contributed by atoms with Crippen LogP contribution in [0.4, 0.5) is 5.69 Å². The van der Waals surface area contributed by atoms with Crippen molar-refractivity contribution >= 4 is 45.8 Å². The van der Waals surface area contributed by atoms with Crippen LogP contribution in [-0.2, 0) is 22.4 Å². The number of amides is 2. The molecular weight excluding hydrogens is 554 g/mol. The molecular formula is C32H32ClN5O4. The van der Waals surface area contributed by atoms with E-state index in [4.69, 9.17) is 11.6 Å². The maximum atomic E-state index is 12.8. The number of carbonyl (C=O) groups is 3. The molecule has 216 valence electrons. The zero-order valence-corrected chi connectivity index (χ0v) is 24.0. The Morgan fingerprint density at radius 2 is 1.69 bits per heavy atom. The number of nitrogens with zero attached hydrogens (tertiary/aromatic N) is 3. The Balaban J connectivity index is 1.28. The van der Waals surface area contributed by atoms with Gasteiger partial charge in [-0.2, -0.15) is 0 Å². The first-order chi connectivity index (χ1) is 20.3. The van der Waals surface area contributed by atoms with Crippen molar-refractivity contribution in [1.82, 2.24) is 20.2 Å². The maximum Gasteiger partial charge on any atom is 0.308 e. The number of anilines is 1. The van der Waals surface area contributed by atoms with Crippen LogP contribution >= 0.6 is 11.6 Å². The van der Waals surface area contributed by atoms with Crippen molar-refractivity contribution in [2.75, 3.05) is 25.0 Å². The number of benzene rings is 3. The van der Waals surface area contributed by atoms with Gasteiger partial charge < -0.3 is 20.6 Å². The lowest BCUT2D eigenvalue weighted by molar-refractivity contribution is -0.136. The fourth-order valence-electron chi connectivity index (χ4n) is 5.11. The number of nitrogens with one attached hydrogen (secondary N) is 2. The number of halogens is 1. The molecule has 4 aromatic rings. The standard InChI is InChI=1S/C32H32ClN5O4/c1-20(34-19-28(39)38-14-4-5-15-38)30-26(18-29(40)41)31(33)37-27(36-30)16-21-8-12-25(13-9-21)35-32(42)24-11-10-22-6-2-3-7-23(22)17-24/h2-3,6-13,17,20,34H,4-5,14-16,18-19H2,1H3,(H,35,42)(H,40,41). The van der Waals surface area contributed by atoms with Crippen molar-refractivity contribution in [3.63, 3.8) is 0 Å². The molecule has 3 aromatic carbocycles. The molecule has 0 saturated carbocycles. The van der Waals surface area contributed by atoms with Gasteiger partial charge >= 0.3 is 5.97 Å². The number of likely N-dealkylation sites (tertiary alicyclic amines) is 1. The topological polar surface area (TPSA) is 125 Å². The summed E-state index contributed by atoms with van der Waals surface area (Å²) < 4.78 is 0. The van der Waals surface area contributed by atoms with E-state index in [9.17, 15) is 19.5 Å². The average Bonchev–Trinajstić information content (AvgIpc) is 3.53. The quantitative estimate of drug-likeness (QED) is 0.223. The number of fused-ring (bicyclic) bond motifs is 1. The summed E-state index contributed by atoms with van der Waals surface area (Å²) in [7, 11) is 0. The molecule has 1 saturated heterocycles. The van der Waals surface area contributed by atoms with Crippen molar-refractivity contribution in [2.45, 2.75) is 38.6 Å². The number of aromatic nitrogens is 2. The second kappa shape index (κ2) is 13.1. The molecule has 0 bridgehead atoms. The van der Waals surface area contributed by atoms with Crippen LogP contribution < -0.4 is 10.6 Å². The van der Waals surface area contributed by atoms with Crippen molar-refractivity contribution in [3.05, 3.63) is 100 Å². The Labute approximate surface area is 248 Å². The molecule has 2 heterocycles. The van der Waals surface area contributed by atoms with Gasteiger partial charge in [0.15, 0.2) is 0 Å². The number of aliphatic carboxylic acids is 1. The number of carboxylic acid groups (broad SMARTS) is 1. The van der Waals surface area contributed by atoms with Crippen molar-refractivity contribution in [1.29, 1.82) is 0 Å². The van der Waals surface area contributed by atoms with Gasteiger partial charge in [-0.25, -0.2) is 9.97 Å². The summed E-state index contributed by atoms with van der Waals surface area (Å²) in [6, 6.07) is 20.4. The van der Waals surface area contributed by atoms with Gasteiger partial charge in [-0.3, -0.25) is 14.4 Å². The first kappa shape index (κ1) is 29.2. The third-order valence-corrected chi connectivity index (χ3v) is 7.69. The van der Waals surface area contributed by atoms with E-state index in [-0.39, 0.29) is 29.9 Å². The smallest absolute Gasteiger partial charge is 0.308 e. The highest BCUT2D eigenvalue weighted by molar-refractivity contribution is 6.30. The third-order valence-electron chi connectivity index (χ3n) is 7.38. The van der Waals surface area contributed by atoms with Crippen LogP contribution in [0.2, 0.25) is 5.15 Å². The van der Waals surface area contributed by atoms with Crippen LogP contribution in [0.3, 0.4) is 0 Å². The van der Waals surface area contributed by atoms with Gasteiger partial charge in [0.25, 0.3) is 5.91 Å². The molecule has 1 atom stereocenters. The molecule has 0 radical (unpaired) electrons. The highest BCUT2D eigenvalue weighted by atomic mass is 35.5. The molecule has 0 aliphatic carbocycles. The number of carboxylic acids is 1. The van der Waals surface area contributed by atoms with Gasteiger partial charge in [-0.05, 0) is 60.4 Å². The summed E-state index contributed by atoms with van der Waals surface area (Å²) in [5.74, 6) is -0.813. The molecule has 1 aliphatic heterocycles. The van der Waals surface area contributed by atoms with E-state index in [1.807, 2.05) is 72.5 Å². The van der Waals surface area contributed by atoms with Gasteiger partial charge in [-0.1, -0.05) is 54.1 Å². The minimum Gasteiger partial charge on any atom is -0.481 e. The SMILES string of the molecule is CC(NCC(=O)N1CCCC1)c1nc(Cc2ccc(NC(=O)c3ccc4ccccc4c3)cc2)nc(Cl)c1CC(=O)O. The normalized spacial score (nSPS) is 13.7. The summed E-state index contributed by atoms with van der Waals surface area (Å²) in [5, 5.41) is 17.7.